The molecule has 0 atom stereocenters. The molecule has 0 fully saturated rings. The Bertz CT molecular complexity index is 453. The summed E-state index contributed by atoms with van der Waals surface area (Å²) in [5, 5.41) is 0. The summed E-state index contributed by atoms with van der Waals surface area (Å²) in [7, 11) is 0. The fourth-order valence-corrected chi connectivity index (χ4v) is 1.74. The first-order valence-electron chi connectivity index (χ1n) is 4.59. The largest absolute Gasteiger partial charge is 0.260 e. The molecule has 3 heteroatoms. The van der Waals surface area contributed by atoms with Crippen LogP contribution in [0.4, 0.5) is 4.39 Å². The van der Waals surface area contributed by atoms with Gasteiger partial charge in [-0.1, -0.05) is 12.1 Å². The Morgan fingerprint density at radius 1 is 1.13 bits per heavy atom. The van der Waals surface area contributed by atoms with Crippen LogP contribution in [0.2, 0.25) is 0 Å². The fourth-order valence-electron chi connectivity index (χ4n) is 1.34. The van der Waals surface area contributed by atoms with Crippen LogP contribution in [0.25, 0.3) is 0 Å². The first-order chi connectivity index (χ1) is 7.25. The van der Waals surface area contributed by atoms with Crippen LogP contribution in [0.1, 0.15) is 11.3 Å². The number of aromatic nitrogens is 1. The average molecular weight is 266 g/mol. The molecule has 1 nitrogen and oxygen atoms in total. The minimum atomic E-state index is -0.209. The van der Waals surface area contributed by atoms with Gasteiger partial charge in [0.25, 0.3) is 0 Å². The topological polar surface area (TPSA) is 12.9 Å². The molecule has 1 aromatic carbocycles. The van der Waals surface area contributed by atoms with Crippen molar-refractivity contribution in [2.45, 2.75) is 6.42 Å². The van der Waals surface area contributed by atoms with Gasteiger partial charge >= 0.3 is 0 Å². The standard InChI is InChI=1S/C12H9BrFN/c13-11-2-1-7-15-12(11)8-9-3-5-10(14)6-4-9/h1-7H,8H2. The van der Waals surface area contributed by atoms with E-state index in [2.05, 4.69) is 20.9 Å². The van der Waals surface area contributed by atoms with Crippen molar-refractivity contribution in [2.24, 2.45) is 0 Å². The van der Waals surface area contributed by atoms with Crippen molar-refractivity contribution in [2.75, 3.05) is 0 Å². The molecule has 1 aromatic heterocycles. The molecule has 1 heterocycles. The van der Waals surface area contributed by atoms with Gasteiger partial charge in [-0.05, 0) is 45.8 Å². The molecule has 76 valence electrons. The van der Waals surface area contributed by atoms with E-state index in [1.54, 1.807) is 18.3 Å². The van der Waals surface area contributed by atoms with Crippen molar-refractivity contribution < 1.29 is 4.39 Å². The molecule has 2 aromatic rings. The van der Waals surface area contributed by atoms with E-state index in [1.165, 1.54) is 12.1 Å². The zero-order valence-electron chi connectivity index (χ0n) is 7.95. The monoisotopic (exact) mass is 265 g/mol. The Balaban J connectivity index is 2.22. The maximum absolute atomic E-state index is 12.7. The number of halogens is 2. The van der Waals surface area contributed by atoms with Gasteiger partial charge in [-0.15, -0.1) is 0 Å². The minimum Gasteiger partial charge on any atom is -0.260 e. The van der Waals surface area contributed by atoms with Crippen LogP contribution in [0, 0.1) is 5.82 Å². The van der Waals surface area contributed by atoms with Crippen molar-refractivity contribution in [3.05, 3.63) is 64.1 Å². The van der Waals surface area contributed by atoms with E-state index >= 15 is 0 Å². The lowest BCUT2D eigenvalue weighted by Gasteiger charge is -2.02. The van der Waals surface area contributed by atoms with Crippen LogP contribution in [0.3, 0.4) is 0 Å². The number of nitrogens with zero attached hydrogens (tertiary/aromatic N) is 1. The van der Waals surface area contributed by atoms with E-state index in [1.807, 2.05) is 12.1 Å². The summed E-state index contributed by atoms with van der Waals surface area (Å²) in [6.07, 6.45) is 2.46. The number of benzene rings is 1. The second kappa shape index (κ2) is 4.53. The number of hydrogen-bond acceptors (Lipinski definition) is 1. The van der Waals surface area contributed by atoms with Gasteiger partial charge in [0.15, 0.2) is 0 Å². The lowest BCUT2D eigenvalue weighted by Crippen LogP contribution is -1.93. The van der Waals surface area contributed by atoms with Crippen LogP contribution in [0.5, 0.6) is 0 Å². The quantitative estimate of drug-likeness (QED) is 0.809. The van der Waals surface area contributed by atoms with Crippen LogP contribution >= 0.6 is 15.9 Å². The Kier molecular flexibility index (Phi) is 3.11. The Morgan fingerprint density at radius 2 is 1.87 bits per heavy atom. The molecule has 0 radical (unpaired) electrons. The van der Waals surface area contributed by atoms with E-state index in [0.29, 0.717) is 6.42 Å². The molecule has 0 saturated carbocycles. The van der Waals surface area contributed by atoms with Gasteiger partial charge in [0, 0.05) is 17.1 Å². The summed E-state index contributed by atoms with van der Waals surface area (Å²) in [5.74, 6) is -0.209. The summed E-state index contributed by atoms with van der Waals surface area (Å²) >= 11 is 3.43. The third-order valence-electron chi connectivity index (χ3n) is 2.12. The Morgan fingerprint density at radius 3 is 2.53 bits per heavy atom. The minimum absolute atomic E-state index is 0.209. The summed E-state index contributed by atoms with van der Waals surface area (Å²) in [6.45, 7) is 0. The van der Waals surface area contributed by atoms with Gasteiger partial charge in [-0.2, -0.15) is 0 Å². The van der Waals surface area contributed by atoms with Gasteiger partial charge in [-0.25, -0.2) is 4.39 Å². The van der Waals surface area contributed by atoms with Crippen LogP contribution < -0.4 is 0 Å². The molecule has 15 heavy (non-hydrogen) atoms. The van der Waals surface area contributed by atoms with Gasteiger partial charge in [0.1, 0.15) is 5.82 Å². The smallest absolute Gasteiger partial charge is 0.123 e. The van der Waals surface area contributed by atoms with Gasteiger partial charge in [-0.3, -0.25) is 4.98 Å². The highest BCUT2D eigenvalue weighted by molar-refractivity contribution is 9.10. The maximum Gasteiger partial charge on any atom is 0.123 e. The summed E-state index contributed by atoms with van der Waals surface area (Å²) in [4.78, 5) is 4.26. The van der Waals surface area contributed by atoms with Crippen LogP contribution in [-0.4, -0.2) is 4.98 Å². The molecule has 0 N–H and O–H groups in total. The molecule has 0 aliphatic carbocycles. The lowest BCUT2D eigenvalue weighted by atomic mass is 10.1. The van der Waals surface area contributed by atoms with E-state index in [0.717, 1.165) is 15.7 Å². The first kappa shape index (κ1) is 10.3. The SMILES string of the molecule is Fc1ccc(Cc2ncccc2Br)cc1. The maximum atomic E-state index is 12.7. The number of pyridine rings is 1. The summed E-state index contributed by atoms with van der Waals surface area (Å²) in [6, 6.07) is 10.3. The second-order valence-corrected chi connectivity index (χ2v) is 4.09. The van der Waals surface area contributed by atoms with Crippen molar-refractivity contribution in [3.8, 4) is 0 Å². The van der Waals surface area contributed by atoms with E-state index in [4.69, 9.17) is 0 Å². The number of rotatable bonds is 2. The third-order valence-corrected chi connectivity index (χ3v) is 2.84. The molecule has 0 unspecified atom stereocenters. The Labute approximate surface area is 96.1 Å². The van der Waals surface area contributed by atoms with Crippen molar-refractivity contribution in [1.82, 2.24) is 4.98 Å². The molecule has 0 amide bonds. The molecular weight excluding hydrogens is 257 g/mol. The highest BCUT2D eigenvalue weighted by atomic mass is 79.9. The third kappa shape index (κ3) is 2.63. The van der Waals surface area contributed by atoms with Crippen LogP contribution in [-0.2, 0) is 6.42 Å². The van der Waals surface area contributed by atoms with Crippen molar-refractivity contribution in [3.63, 3.8) is 0 Å². The summed E-state index contributed by atoms with van der Waals surface area (Å²) in [5.41, 5.74) is 2.01. The van der Waals surface area contributed by atoms with Gasteiger partial charge in [0.05, 0.1) is 5.69 Å². The highest BCUT2D eigenvalue weighted by Gasteiger charge is 2.01. The normalized spacial score (nSPS) is 10.3. The zero-order chi connectivity index (χ0) is 10.7. The highest BCUT2D eigenvalue weighted by Crippen LogP contribution is 2.17. The predicted octanol–water partition coefficient (Wildman–Crippen LogP) is 3.57. The predicted molar refractivity (Wildman–Crippen MR) is 61.1 cm³/mol. The van der Waals surface area contributed by atoms with Crippen molar-refractivity contribution in [1.29, 1.82) is 0 Å². The molecular formula is C12H9BrFN. The number of hydrogen-bond donors (Lipinski definition) is 0. The lowest BCUT2D eigenvalue weighted by molar-refractivity contribution is 0.627. The second-order valence-electron chi connectivity index (χ2n) is 3.24. The van der Waals surface area contributed by atoms with Gasteiger partial charge < -0.3 is 0 Å². The van der Waals surface area contributed by atoms with Crippen molar-refractivity contribution >= 4 is 15.9 Å². The zero-order valence-corrected chi connectivity index (χ0v) is 9.54. The van der Waals surface area contributed by atoms with E-state index < -0.39 is 0 Å². The molecule has 0 aliphatic rings. The van der Waals surface area contributed by atoms with E-state index in [9.17, 15) is 4.39 Å². The van der Waals surface area contributed by atoms with E-state index in [-0.39, 0.29) is 5.82 Å². The first-order valence-corrected chi connectivity index (χ1v) is 5.39. The molecule has 0 bridgehead atoms. The molecule has 0 spiro atoms. The van der Waals surface area contributed by atoms with Gasteiger partial charge in [0.2, 0.25) is 0 Å². The average Bonchev–Trinajstić information content (AvgIpc) is 2.25. The molecule has 0 saturated heterocycles. The molecule has 2 rings (SSSR count). The molecule has 0 aliphatic heterocycles. The van der Waals surface area contributed by atoms with Crippen LogP contribution in [0.15, 0.2) is 47.1 Å². The Hall–Kier alpha value is -1.22. The summed E-state index contributed by atoms with van der Waals surface area (Å²) < 4.78 is 13.7. The fraction of sp³-hybridized carbons (Fsp3) is 0.0833.